The molecular weight excluding hydrogens is 354 g/mol. The molecule has 156 valence electrons. The number of likely N-dealkylation sites (N-methyl/N-ethyl adjacent to an activating group) is 1. The largest absolute Gasteiger partial charge is 0.497 e. The fraction of sp³-hybridized carbons (Fsp3) is 0.667. The minimum absolute atomic E-state index is 0.202. The molecule has 2 fully saturated rings. The average molecular weight is 390 g/mol. The highest BCUT2D eigenvalue weighted by atomic mass is 16.5. The van der Waals surface area contributed by atoms with Crippen LogP contribution in [0, 0.1) is 0 Å². The molecule has 0 spiro atoms. The Morgan fingerprint density at radius 1 is 1.21 bits per heavy atom. The summed E-state index contributed by atoms with van der Waals surface area (Å²) in [5, 5.41) is 6.95. The third-order valence-electron chi connectivity index (χ3n) is 5.61. The molecule has 2 aliphatic rings. The number of likely N-dealkylation sites (tertiary alicyclic amines) is 1. The first-order chi connectivity index (χ1) is 13.7. The quantitative estimate of drug-likeness (QED) is 0.542. The predicted molar refractivity (Wildman–Crippen MR) is 113 cm³/mol. The third-order valence-corrected chi connectivity index (χ3v) is 5.61. The molecule has 0 amide bonds. The molecule has 2 N–H and O–H groups in total. The highest BCUT2D eigenvalue weighted by Gasteiger charge is 2.24. The number of methoxy groups -OCH3 is 1. The number of hydrogen-bond acceptors (Lipinski definition) is 5. The summed E-state index contributed by atoms with van der Waals surface area (Å²) in [5.74, 6) is 1.72. The van der Waals surface area contributed by atoms with Gasteiger partial charge in [-0.25, -0.2) is 0 Å². The first-order valence-corrected chi connectivity index (χ1v) is 10.3. The third kappa shape index (κ3) is 5.83. The zero-order chi connectivity index (χ0) is 19.8. The fourth-order valence-electron chi connectivity index (χ4n) is 3.95. The van der Waals surface area contributed by atoms with Crippen molar-refractivity contribution in [2.45, 2.75) is 25.0 Å². The summed E-state index contributed by atoms with van der Waals surface area (Å²) >= 11 is 0. The average Bonchev–Trinajstić information content (AvgIpc) is 3.25. The van der Waals surface area contributed by atoms with Crippen LogP contribution in [0.15, 0.2) is 29.3 Å². The summed E-state index contributed by atoms with van der Waals surface area (Å²) in [5.41, 5.74) is 1.31. The van der Waals surface area contributed by atoms with Crippen molar-refractivity contribution >= 4 is 5.96 Å². The van der Waals surface area contributed by atoms with Gasteiger partial charge in [0.25, 0.3) is 0 Å². The van der Waals surface area contributed by atoms with Gasteiger partial charge in [0.2, 0.25) is 0 Å². The van der Waals surface area contributed by atoms with Crippen molar-refractivity contribution in [2.24, 2.45) is 4.99 Å². The Labute approximate surface area is 169 Å². The van der Waals surface area contributed by atoms with Crippen LogP contribution in [0.4, 0.5) is 0 Å². The number of hydrogen-bond donors (Lipinski definition) is 2. The predicted octanol–water partition coefficient (Wildman–Crippen LogP) is 1.33. The maximum Gasteiger partial charge on any atom is 0.191 e. The molecular formula is C21H35N5O2. The molecule has 0 bridgehead atoms. The van der Waals surface area contributed by atoms with Crippen LogP contribution in [0.5, 0.6) is 5.75 Å². The molecule has 2 saturated heterocycles. The molecule has 2 heterocycles. The van der Waals surface area contributed by atoms with Gasteiger partial charge in [-0.2, -0.15) is 0 Å². The Hall–Kier alpha value is -1.83. The van der Waals surface area contributed by atoms with Crippen LogP contribution in [-0.2, 0) is 4.74 Å². The van der Waals surface area contributed by atoms with Crippen LogP contribution in [0.2, 0.25) is 0 Å². The number of aliphatic imine (C=N–C) groups is 1. The standard InChI is InChI=1S/C21H35N5O2/c1-22-21(23-14-19-16-25(2)12-13-28-19)24-15-20(26-10-4-5-11-26)17-6-8-18(27-3)9-7-17/h6-9,19-20H,4-5,10-16H2,1-3H3,(H2,22,23,24). The van der Waals surface area contributed by atoms with E-state index >= 15 is 0 Å². The van der Waals surface area contributed by atoms with Gasteiger partial charge in [0.1, 0.15) is 5.75 Å². The monoisotopic (exact) mass is 389 g/mol. The number of nitrogens with zero attached hydrogens (tertiary/aromatic N) is 3. The van der Waals surface area contributed by atoms with Crippen molar-refractivity contribution in [1.82, 2.24) is 20.4 Å². The number of morpholine rings is 1. The number of ether oxygens (including phenoxy) is 2. The van der Waals surface area contributed by atoms with Gasteiger partial charge < -0.3 is 25.0 Å². The van der Waals surface area contributed by atoms with E-state index in [4.69, 9.17) is 9.47 Å². The van der Waals surface area contributed by atoms with Crippen LogP contribution in [-0.4, -0.2) is 88.9 Å². The Morgan fingerprint density at radius 3 is 2.61 bits per heavy atom. The normalized spacial score (nSPS) is 22.8. The summed E-state index contributed by atoms with van der Waals surface area (Å²) in [4.78, 5) is 9.26. The van der Waals surface area contributed by atoms with E-state index in [0.29, 0.717) is 6.04 Å². The smallest absolute Gasteiger partial charge is 0.191 e. The molecule has 0 radical (unpaired) electrons. The maximum absolute atomic E-state index is 5.83. The van der Waals surface area contributed by atoms with E-state index in [0.717, 1.165) is 57.6 Å². The molecule has 3 rings (SSSR count). The summed E-state index contributed by atoms with van der Waals surface area (Å²) in [6, 6.07) is 8.76. The summed E-state index contributed by atoms with van der Waals surface area (Å²) in [7, 11) is 5.66. The summed E-state index contributed by atoms with van der Waals surface area (Å²) in [6.45, 7) is 6.62. The molecule has 2 unspecified atom stereocenters. The molecule has 0 aromatic heterocycles. The van der Waals surface area contributed by atoms with Gasteiger partial charge in [-0.05, 0) is 50.7 Å². The lowest BCUT2D eigenvalue weighted by atomic mass is 10.1. The van der Waals surface area contributed by atoms with Gasteiger partial charge in [0.05, 0.1) is 25.9 Å². The highest BCUT2D eigenvalue weighted by molar-refractivity contribution is 5.79. The van der Waals surface area contributed by atoms with Gasteiger partial charge >= 0.3 is 0 Å². The van der Waals surface area contributed by atoms with E-state index in [9.17, 15) is 0 Å². The molecule has 1 aromatic carbocycles. The van der Waals surface area contributed by atoms with Crippen molar-refractivity contribution in [3.63, 3.8) is 0 Å². The van der Waals surface area contributed by atoms with Gasteiger partial charge in [0.15, 0.2) is 5.96 Å². The summed E-state index contributed by atoms with van der Waals surface area (Å²) < 4.78 is 11.1. The van der Waals surface area contributed by atoms with Crippen molar-refractivity contribution in [3.05, 3.63) is 29.8 Å². The van der Waals surface area contributed by atoms with Crippen LogP contribution >= 0.6 is 0 Å². The molecule has 2 atom stereocenters. The second kappa shape index (κ2) is 10.6. The molecule has 0 saturated carbocycles. The summed E-state index contributed by atoms with van der Waals surface area (Å²) in [6.07, 6.45) is 2.74. The van der Waals surface area contributed by atoms with E-state index in [1.54, 1.807) is 7.11 Å². The lowest BCUT2D eigenvalue weighted by molar-refractivity contribution is -0.0161. The number of nitrogens with one attached hydrogen (secondary N) is 2. The van der Waals surface area contributed by atoms with Crippen LogP contribution in [0.1, 0.15) is 24.4 Å². The second-order valence-corrected chi connectivity index (χ2v) is 7.62. The van der Waals surface area contributed by atoms with Crippen LogP contribution in [0.3, 0.4) is 0 Å². The Kier molecular flexibility index (Phi) is 7.94. The fourth-order valence-corrected chi connectivity index (χ4v) is 3.95. The zero-order valence-corrected chi connectivity index (χ0v) is 17.5. The van der Waals surface area contributed by atoms with E-state index in [2.05, 4.69) is 44.6 Å². The molecule has 7 nitrogen and oxygen atoms in total. The molecule has 28 heavy (non-hydrogen) atoms. The lowest BCUT2D eigenvalue weighted by Gasteiger charge is -2.31. The van der Waals surface area contributed by atoms with Crippen molar-refractivity contribution in [2.75, 3.05) is 67.1 Å². The van der Waals surface area contributed by atoms with Gasteiger partial charge in [-0.3, -0.25) is 9.89 Å². The minimum Gasteiger partial charge on any atom is -0.497 e. The maximum atomic E-state index is 5.83. The first kappa shape index (κ1) is 20.9. The van der Waals surface area contributed by atoms with Gasteiger partial charge in [-0.15, -0.1) is 0 Å². The minimum atomic E-state index is 0.202. The highest BCUT2D eigenvalue weighted by Crippen LogP contribution is 2.26. The number of benzene rings is 1. The Balaban J connectivity index is 1.56. The van der Waals surface area contributed by atoms with Crippen LogP contribution < -0.4 is 15.4 Å². The number of rotatable bonds is 7. The Bertz CT molecular complexity index is 616. The molecule has 0 aliphatic carbocycles. The van der Waals surface area contributed by atoms with Gasteiger partial charge in [0, 0.05) is 33.2 Å². The SMILES string of the molecule is CN=C(NCC1CN(C)CCO1)NCC(c1ccc(OC)cc1)N1CCCC1. The van der Waals surface area contributed by atoms with Crippen molar-refractivity contribution < 1.29 is 9.47 Å². The van der Waals surface area contributed by atoms with E-state index in [-0.39, 0.29) is 6.10 Å². The second-order valence-electron chi connectivity index (χ2n) is 7.62. The van der Waals surface area contributed by atoms with E-state index < -0.39 is 0 Å². The van der Waals surface area contributed by atoms with Gasteiger partial charge in [-0.1, -0.05) is 12.1 Å². The topological polar surface area (TPSA) is 61.4 Å². The van der Waals surface area contributed by atoms with Crippen molar-refractivity contribution in [3.8, 4) is 5.75 Å². The first-order valence-electron chi connectivity index (χ1n) is 10.3. The van der Waals surface area contributed by atoms with Crippen LogP contribution in [0.25, 0.3) is 0 Å². The van der Waals surface area contributed by atoms with E-state index in [1.165, 1.54) is 18.4 Å². The molecule has 1 aromatic rings. The van der Waals surface area contributed by atoms with Crippen molar-refractivity contribution in [1.29, 1.82) is 0 Å². The van der Waals surface area contributed by atoms with E-state index in [1.807, 2.05) is 19.2 Å². The Morgan fingerprint density at radius 2 is 1.96 bits per heavy atom. The lowest BCUT2D eigenvalue weighted by Crippen LogP contribution is -2.49. The number of guanidine groups is 1. The molecule has 7 heteroatoms. The molecule has 2 aliphatic heterocycles. The zero-order valence-electron chi connectivity index (χ0n) is 17.5.